The van der Waals surface area contributed by atoms with Crippen LogP contribution in [0.3, 0.4) is 0 Å². The van der Waals surface area contributed by atoms with Gasteiger partial charge in [-0.05, 0) is 5.82 Å². The lowest BCUT2D eigenvalue weighted by molar-refractivity contribution is 0.695. The Morgan fingerprint density at radius 1 is 1.33 bits per heavy atom. The highest BCUT2D eigenvalue weighted by Gasteiger charge is 2.17. The fraction of sp³-hybridized carbons (Fsp3) is 1.00. The number of rotatable bonds is 4. The van der Waals surface area contributed by atoms with Crippen molar-refractivity contribution in [2.45, 2.75) is 38.9 Å². The molecule has 0 saturated heterocycles. The second kappa shape index (κ2) is 5.43. The van der Waals surface area contributed by atoms with Crippen molar-refractivity contribution in [1.82, 2.24) is 0 Å². The first-order chi connectivity index (χ1) is 4.22. The van der Waals surface area contributed by atoms with E-state index in [4.69, 9.17) is 22.9 Å². The molecule has 3 heteroatoms. The summed E-state index contributed by atoms with van der Waals surface area (Å²) in [6, 6.07) is 0. The van der Waals surface area contributed by atoms with Gasteiger partial charge in [-0.15, -0.1) is 0 Å². The lowest BCUT2D eigenvalue weighted by Crippen LogP contribution is -2.05. The van der Waals surface area contributed by atoms with Gasteiger partial charge in [0.05, 0.1) is 0 Å². The molecule has 0 aliphatic carbocycles. The highest BCUT2D eigenvalue weighted by Crippen LogP contribution is 2.25. The van der Waals surface area contributed by atoms with Crippen molar-refractivity contribution in [2.24, 2.45) is 0 Å². The molecule has 0 aromatic rings. The van der Waals surface area contributed by atoms with Crippen LogP contribution in [0.2, 0.25) is 5.82 Å². The molecule has 0 amide bonds. The molecule has 54 valence electrons. The molecular weight excluding hydrogens is 154 g/mol. The van der Waals surface area contributed by atoms with Crippen LogP contribution < -0.4 is 0 Å². The van der Waals surface area contributed by atoms with Crippen molar-refractivity contribution < 1.29 is 0 Å². The highest BCUT2D eigenvalue weighted by atomic mass is 35.5. The summed E-state index contributed by atoms with van der Waals surface area (Å²) in [6.07, 6.45) is 3.41. The van der Waals surface area contributed by atoms with E-state index in [1.165, 1.54) is 6.42 Å². The molecule has 9 heavy (non-hydrogen) atoms. The monoisotopic (exact) mass is 166 g/mol. The van der Waals surface area contributed by atoms with Gasteiger partial charge in [0.25, 0.3) is 0 Å². The van der Waals surface area contributed by atoms with Crippen LogP contribution >= 0.6 is 22.9 Å². The molecule has 0 heterocycles. The van der Waals surface area contributed by atoms with Crippen LogP contribution in [0.4, 0.5) is 0 Å². The van der Waals surface area contributed by atoms with Crippen molar-refractivity contribution in [3.63, 3.8) is 0 Å². The van der Waals surface area contributed by atoms with Crippen LogP contribution in [-0.4, -0.2) is 5.54 Å². The fourth-order valence-corrected chi connectivity index (χ4v) is 1.49. The van der Waals surface area contributed by atoms with Crippen LogP contribution in [0.1, 0.15) is 33.1 Å². The van der Waals surface area contributed by atoms with Gasteiger partial charge >= 0.3 is 5.54 Å². The van der Waals surface area contributed by atoms with E-state index in [-0.39, 0.29) is 5.54 Å². The van der Waals surface area contributed by atoms with E-state index >= 15 is 0 Å². The molecule has 1 atom stereocenters. The maximum atomic E-state index is 5.69. The van der Waals surface area contributed by atoms with Gasteiger partial charge in [0.1, 0.15) is 0 Å². The molecule has 0 aliphatic heterocycles. The largest absolute Gasteiger partial charge is 0.354 e. The summed E-state index contributed by atoms with van der Waals surface area (Å²) in [6.45, 7) is 4.27. The lowest BCUT2D eigenvalue weighted by Gasteiger charge is -2.10. The molecule has 0 rings (SSSR count). The maximum absolute atomic E-state index is 5.69. The summed E-state index contributed by atoms with van der Waals surface area (Å²) in [5.74, 6) is 0.498. The minimum Gasteiger partial charge on any atom is -0.171 e. The smallest absolute Gasteiger partial charge is 0.171 e. The van der Waals surface area contributed by atoms with E-state index in [2.05, 4.69) is 13.8 Å². The second-order valence-corrected chi connectivity index (χ2v) is 3.46. The normalized spacial score (nSPS) is 13.3. The predicted octanol–water partition coefficient (Wildman–Crippen LogP) is 3.53. The Morgan fingerprint density at radius 2 is 1.89 bits per heavy atom. The van der Waals surface area contributed by atoms with E-state index < -0.39 is 0 Å². The first-order valence-corrected chi connectivity index (χ1v) is 4.37. The minimum atomic E-state index is -0.171. The van der Waals surface area contributed by atoms with E-state index in [9.17, 15) is 0 Å². The first-order valence-electron chi connectivity index (χ1n) is 3.50. The molecule has 0 N–H and O–H groups in total. The SMILES string of the molecule is CCCC(CC)B(Cl)Cl. The van der Waals surface area contributed by atoms with Crippen LogP contribution in [0.5, 0.6) is 0 Å². The molecule has 0 nitrogen and oxygen atoms in total. The van der Waals surface area contributed by atoms with Gasteiger partial charge in [0, 0.05) is 0 Å². The summed E-state index contributed by atoms with van der Waals surface area (Å²) < 4.78 is 0. The average Bonchev–Trinajstić information content (AvgIpc) is 1.82. The Bertz CT molecular complexity index is 66.1. The van der Waals surface area contributed by atoms with E-state index in [1.54, 1.807) is 0 Å². The Morgan fingerprint density at radius 3 is 2.00 bits per heavy atom. The molecule has 0 aromatic heterocycles. The van der Waals surface area contributed by atoms with Gasteiger partial charge in [-0.1, -0.05) is 33.1 Å². The number of halogens is 2. The van der Waals surface area contributed by atoms with Crippen LogP contribution in [-0.2, 0) is 0 Å². The molecule has 0 bridgehead atoms. The van der Waals surface area contributed by atoms with Gasteiger partial charge in [-0.2, -0.15) is 22.9 Å². The number of hydrogen-bond donors (Lipinski definition) is 0. The van der Waals surface area contributed by atoms with Gasteiger partial charge in [0.15, 0.2) is 0 Å². The third kappa shape index (κ3) is 4.10. The van der Waals surface area contributed by atoms with E-state index in [1.807, 2.05) is 0 Å². The van der Waals surface area contributed by atoms with Crippen molar-refractivity contribution in [3.05, 3.63) is 0 Å². The van der Waals surface area contributed by atoms with E-state index in [0.717, 1.165) is 12.8 Å². The summed E-state index contributed by atoms with van der Waals surface area (Å²) in [5.41, 5.74) is -0.171. The van der Waals surface area contributed by atoms with Crippen LogP contribution in [0.15, 0.2) is 0 Å². The van der Waals surface area contributed by atoms with Crippen molar-refractivity contribution in [3.8, 4) is 0 Å². The van der Waals surface area contributed by atoms with Gasteiger partial charge in [-0.3, -0.25) is 0 Å². The van der Waals surface area contributed by atoms with Crippen LogP contribution in [0, 0.1) is 0 Å². The van der Waals surface area contributed by atoms with Gasteiger partial charge in [0.2, 0.25) is 0 Å². The van der Waals surface area contributed by atoms with Gasteiger partial charge in [-0.25, -0.2) is 0 Å². The summed E-state index contributed by atoms with van der Waals surface area (Å²) in [5, 5.41) is 0. The summed E-state index contributed by atoms with van der Waals surface area (Å²) in [7, 11) is 0. The second-order valence-electron chi connectivity index (χ2n) is 2.29. The molecule has 0 spiro atoms. The minimum absolute atomic E-state index is 0.171. The van der Waals surface area contributed by atoms with Crippen molar-refractivity contribution >= 4 is 28.5 Å². The zero-order chi connectivity index (χ0) is 7.28. The Kier molecular flexibility index (Phi) is 5.82. The third-order valence-corrected chi connectivity index (χ3v) is 2.25. The van der Waals surface area contributed by atoms with E-state index in [0.29, 0.717) is 5.82 Å². The summed E-state index contributed by atoms with van der Waals surface area (Å²) in [4.78, 5) is 0. The molecule has 0 radical (unpaired) electrons. The lowest BCUT2D eigenvalue weighted by atomic mass is 9.79. The molecule has 0 fully saturated rings. The molecule has 1 unspecified atom stereocenters. The zero-order valence-electron chi connectivity index (χ0n) is 6.03. The average molecular weight is 167 g/mol. The Labute approximate surface area is 67.8 Å². The van der Waals surface area contributed by atoms with Crippen molar-refractivity contribution in [1.29, 1.82) is 0 Å². The van der Waals surface area contributed by atoms with Crippen LogP contribution in [0.25, 0.3) is 0 Å². The third-order valence-electron chi connectivity index (χ3n) is 1.54. The molecule has 0 saturated carbocycles. The molecule has 0 aliphatic rings. The zero-order valence-corrected chi connectivity index (χ0v) is 7.54. The highest BCUT2D eigenvalue weighted by molar-refractivity contribution is 7.34. The fourth-order valence-electron chi connectivity index (χ4n) is 0.879. The number of hydrogen-bond acceptors (Lipinski definition) is 0. The molecular formula is C6H13BCl2. The summed E-state index contributed by atoms with van der Waals surface area (Å²) >= 11 is 11.4. The first kappa shape index (κ1) is 9.64. The maximum Gasteiger partial charge on any atom is 0.354 e. The predicted molar refractivity (Wildman–Crippen MR) is 46.4 cm³/mol. The standard InChI is InChI=1S/C6H13BCl2/c1-3-5-6(4-2)7(8)9/h6H,3-5H2,1-2H3. The Balaban J connectivity index is 3.41. The van der Waals surface area contributed by atoms with Gasteiger partial charge < -0.3 is 0 Å². The topological polar surface area (TPSA) is 0 Å². The Hall–Kier alpha value is 0.645. The quantitative estimate of drug-likeness (QED) is 0.561. The molecule has 0 aromatic carbocycles. The van der Waals surface area contributed by atoms with Crippen molar-refractivity contribution in [2.75, 3.05) is 0 Å².